The zero-order valence-electron chi connectivity index (χ0n) is 14.8. The Labute approximate surface area is 148 Å². The number of amides is 1. The fourth-order valence-electron chi connectivity index (χ4n) is 3.99. The molecule has 0 spiro atoms. The number of nitrogens with zero attached hydrogens (tertiary/aromatic N) is 1. The Kier molecular flexibility index (Phi) is 6.39. The summed E-state index contributed by atoms with van der Waals surface area (Å²) in [4.78, 5) is 14.4. The Morgan fingerprint density at radius 1 is 1.36 bits per heavy atom. The molecule has 0 bridgehead atoms. The monoisotopic (exact) mass is 349 g/mol. The molecule has 5 nitrogen and oxygen atoms in total. The first-order valence-corrected chi connectivity index (χ1v) is 9.28. The topological polar surface area (TPSA) is 53.6 Å². The Bertz CT molecular complexity index is 566. The second-order valence-corrected chi connectivity index (χ2v) is 6.90. The highest BCUT2D eigenvalue weighted by molar-refractivity contribution is 5.76. The molecule has 25 heavy (non-hydrogen) atoms. The zero-order valence-corrected chi connectivity index (χ0v) is 14.8. The van der Waals surface area contributed by atoms with Crippen molar-refractivity contribution in [3.8, 4) is 0 Å². The number of ether oxygens (including phenoxy) is 1. The van der Waals surface area contributed by atoms with Gasteiger partial charge in [0.25, 0.3) is 0 Å². The van der Waals surface area contributed by atoms with E-state index in [9.17, 15) is 9.18 Å². The average Bonchev–Trinajstić information content (AvgIpc) is 3.12. The van der Waals surface area contributed by atoms with Crippen LogP contribution in [0.3, 0.4) is 0 Å². The lowest BCUT2D eigenvalue weighted by Gasteiger charge is -2.37. The molecule has 138 valence electrons. The molecule has 0 saturated carbocycles. The van der Waals surface area contributed by atoms with Crippen molar-refractivity contribution in [1.29, 1.82) is 0 Å². The van der Waals surface area contributed by atoms with Crippen LogP contribution >= 0.6 is 0 Å². The number of carbonyl (C=O) groups excluding carboxylic acids is 1. The molecule has 1 aromatic carbocycles. The van der Waals surface area contributed by atoms with Crippen molar-refractivity contribution < 1.29 is 13.9 Å². The second-order valence-electron chi connectivity index (χ2n) is 6.90. The summed E-state index contributed by atoms with van der Waals surface area (Å²) in [5, 5.41) is 0. The van der Waals surface area contributed by atoms with Crippen LogP contribution in [0.25, 0.3) is 0 Å². The first-order valence-electron chi connectivity index (χ1n) is 9.28. The first kappa shape index (κ1) is 18.3. The quantitative estimate of drug-likeness (QED) is 0.772. The van der Waals surface area contributed by atoms with E-state index in [1.165, 1.54) is 12.1 Å². The number of halogens is 1. The van der Waals surface area contributed by atoms with E-state index < -0.39 is 0 Å². The molecule has 2 aliphatic heterocycles. The minimum atomic E-state index is -0.206. The summed E-state index contributed by atoms with van der Waals surface area (Å²) in [5.41, 5.74) is 7.79. The molecular weight excluding hydrogens is 321 g/mol. The lowest BCUT2D eigenvalue weighted by atomic mass is 9.81. The average molecular weight is 349 g/mol. The van der Waals surface area contributed by atoms with Gasteiger partial charge in [0, 0.05) is 38.2 Å². The van der Waals surface area contributed by atoms with E-state index in [0.29, 0.717) is 31.5 Å². The largest absolute Gasteiger partial charge is 0.381 e. The zero-order chi connectivity index (χ0) is 17.6. The summed E-state index contributed by atoms with van der Waals surface area (Å²) in [6.45, 7) is 5.52. The number of carbonyl (C=O) groups is 1. The maximum atomic E-state index is 13.2. The predicted octanol–water partition coefficient (Wildman–Crippen LogP) is 2.05. The van der Waals surface area contributed by atoms with E-state index in [-0.39, 0.29) is 17.8 Å². The predicted molar refractivity (Wildman–Crippen MR) is 94.5 cm³/mol. The molecule has 0 radical (unpaired) electrons. The summed E-state index contributed by atoms with van der Waals surface area (Å²) in [7, 11) is 0. The Balaban J connectivity index is 1.62. The highest BCUT2D eigenvalue weighted by Crippen LogP contribution is 2.31. The van der Waals surface area contributed by atoms with Crippen molar-refractivity contribution in [2.24, 2.45) is 5.92 Å². The number of hydrazine groups is 1. The van der Waals surface area contributed by atoms with Crippen molar-refractivity contribution in [3.63, 3.8) is 0 Å². The number of hydrogen-bond acceptors (Lipinski definition) is 4. The molecule has 2 heterocycles. The van der Waals surface area contributed by atoms with Crippen LogP contribution in [-0.4, -0.2) is 49.7 Å². The van der Waals surface area contributed by atoms with Crippen molar-refractivity contribution >= 4 is 5.91 Å². The molecule has 1 aromatic rings. The second kappa shape index (κ2) is 8.74. The standard InChI is InChI=1S/C19H28FN3O2/c1-2-25-11-9-18(24)23-10-3-4-15(13-23)19-17(12-21-22-19)14-5-7-16(20)8-6-14/h5-8,15,17,19,21-22H,2-4,9-13H2,1H3. The van der Waals surface area contributed by atoms with Crippen molar-refractivity contribution in [2.75, 3.05) is 32.8 Å². The van der Waals surface area contributed by atoms with Crippen molar-refractivity contribution in [2.45, 2.75) is 38.1 Å². The molecule has 2 aliphatic rings. The van der Waals surface area contributed by atoms with E-state index in [4.69, 9.17) is 4.74 Å². The van der Waals surface area contributed by atoms with Crippen LogP contribution in [0.5, 0.6) is 0 Å². The number of rotatable bonds is 6. The van der Waals surface area contributed by atoms with Gasteiger partial charge in [-0.3, -0.25) is 15.6 Å². The molecule has 2 N–H and O–H groups in total. The lowest BCUT2D eigenvalue weighted by Crippen LogP contribution is -2.48. The van der Waals surface area contributed by atoms with Gasteiger partial charge in [0.05, 0.1) is 13.0 Å². The lowest BCUT2D eigenvalue weighted by molar-refractivity contribution is -0.134. The molecule has 3 atom stereocenters. The molecule has 1 amide bonds. The summed E-state index contributed by atoms with van der Waals surface area (Å²) in [6.07, 6.45) is 2.59. The smallest absolute Gasteiger partial charge is 0.224 e. The Hall–Kier alpha value is -1.50. The molecule has 6 heteroatoms. The van der Waals surface area contributed by atoms with Gasteiger partial charge in [-0.15, -0.1) is 0 Å². The van der Waals surface area contributed by atoms with E-state index in [1.807, 2.05) is 24.0 Å². The van der Waals surface area contributed by atoms with Crippen LogP contribution in [-0.2, 0) is 9.53 Å². The molecule has 0 aromatic heterocycles. The maximum absolute atomic E-state index is 13.2. The number of hydrogen-bond donors (Lipinski definition) is 2. The fraction of sp³-hybridized carbons (Fsp3) is 0.632. The highest BCUT2D eigenvalue weighted by atomic mass is 19.1. The number of likely N-dealkylation sites (tertiary alicyclic amines) is 1. The normalized spacial score (nSPS) is 26.8. The van der Waals surface area contributed by atoms with Gasteiger partial charge in [-0.2, -0.15) is 0 Å². The van der Waals surface area contributed by atoms with E-state index in [2.05, 4.69) is 10.9 Å². The number of nitrogens with one attached hydrogen (secondary N) is 2. The van der Waals surface area contributed by atoms with Gasteiger partial charge in [-0.25, -0.2) is 4.39 Å². The minimum absolute atomic E-state index is 0.183. The number of benzene rings is 1. The molecule has 2 saturated heterocycles. The van der Waals surface area contributed by atoms with Gasteiger partial charge in [-0.05, 0) is 43.4 Å². The Morgan fingerprint density at radius 3 is 2.92 bits per heavy atom. The van der Waals surface area contributed by atoms with Crippen LogP contribution < -0.4 is 10.9 Å². The Morgan fingerprint density at radius 2 is 2.16 bits per heavy atom. The van der Waals surface area contributed by atoms with Crippen molar-refractivity contribution in [1.82, 2.24) is 15.8 Å². The van der Waals surface area contributed by atoms with Gasteiger partial charge >= 0.3 is 0 Å². The first-order chi connectivity index (χ1) is 12.2. The fourth-order valence-corrected chi connectivity index (χ4v) is 3.99. The van der Waals surface area contributed by atoms with E-state index in [1.54, 1.807) is 0 Å². The summed E-state index contributed by atoms with van der Waals surface area (Å²) < 4.78 is 18.5. The van der Waals surface area contributed by atoms with Crippen molar-refractivity contribution in [3.05, 3.63) is 35.6 Å². The van der Waals surface area contributed by atoms with Crippen LogP contribution in [0.1, 0.15) is 37.7 Å². The third kappa shape index (κ3) is 4.57. The van der Waals surface area contributed by atoms with Crippen LogP contribution in [0.2, 0.25) is 0 Å². The van der Waals surface area contributed by atoms with Crippen LogP contribution in [0.4, 0.5) is 4.39 Å². The van der Waals surface area contributed by atoms with Crippen LogP contribution in [0.15, 0.2) is 24.3 Å². The summed E-state index contributed by atoms with van der Waals surface area (Å²) in [5.74, 6) is 0.671. The minimum Gasteiger partial charge on any atom is -0.381 e. The van der Waals surface area contributed by atoms with Gasteiger partial charge in [-0.1, -0.05) is 12.1 Å². The molecule has 3 unspecified atom stereocenters. The molecular formula is C19H28FN3O2. The third-order valence-corrected chi connectivity index (χ3v) is 5.31. The van der Waals surface area contributed by atoms with Gasteiger partial charge < -0.3 is 9.64 Å². The molecule has 0 aliphatic carbocycles. The third-order valence-electron chi connectivity index (χ3n) is 5.31. The number of piperidine rings is 1. The van der Waals surface area contributed by atoms with Gasteiger partial charge in [0.2, 0.25) is 5.91 Å². The van der Waals surface area contributed by atoms with Gasteiger partial charge in [0.15, 0.2) is 0 Å². The molecule has 2 fully saturated rings. The van der Waals surface area contributed by atoms with E-state index >= 15 is 0 Å². The van der Waals surface area contributed by atoms with Crippen LogP contribution in [0, 0.1) is 11.7 Å². The molecule has 3 rings (SSSR count). The SMILES string of the molecule is CCOCCC(=O)N1CCCC(C2NNCC2c2ccc(F)cc2)C1. The highest BCUT2D eigenvalue weighted by Gasteiger charge is 2.37. The summed E-state index contributed by atoms with van der Waals surface area (Å²) >= 11 is 0. The maximum Gasteiger partial charge on any atom is 0.224 e. The summed E-state index contributed by atoms with van der Waals surface area (Å²) in [6, 6.07) is 7.04. The van der Waals surface area contributed by atoms with Gasteiger partial charge in [0.1, 0.15) is 5.82 Å². The van der Waals surface area contributed by atoms with E-state index in [0.717, 1.165) is 38.0 Å².